The Morgan fingerprint density at radius 2 is 2.00 bits per heavy atom. The maximum absolute atomic E-state index is 12.1. The number of hydrogen-bond acceptors (Lipinski definition) is 2. The first-order valence-corrected chi connectivity index (χ1v) is 5.56. The van der Waals surface area contributed by atoms with Crippen molar-refractivity contribution in [2.45, 2.75) is 18.8 Å². The fourth-order valence-electron chi connectivity index (χ4n) is 2.04. The maximum atomic E-state index is 12.1. The first-order valence-electron chi connectivity index (χ1n) is 5.56. The summed E-state index contributed by atoms with van der Waals surface area (Å²) in [6.07, 6.45) is 5.82. The molecule has 0 saturated carbocycles. The van der Waals surface area contributed by atoms with E-state index < -0.39 is 0 Å². The highest BCUT2D eigenvalue weighted by Gasteiger charge is 2.38. The van der Waals surface area contributed by atoms with Gasteiger partial charge in [0, 0.05) is 19.4 Å². The predicted molar refractivity (Wildman–Crippen MR) is 64.0 cm³/mol. The molecule has 0 aromatic heterocycles. The normalized spacial score (nSPS) is 19.5. The van der Waals surface area contributed by atoms with Gasteiger partial charge in [0.1, 0.15) is 0 Å². The van der Waals surface area contributed by atoms with Crippen LogP contribution in [0.15, 0.2) is 30.3 Å². The molecule has 2 rings (SSSR count). The molecule has 0 bridgehead atoms. The Morgan fingerprint density at radius 1 is 1.29 bits per heavy atom. The molecule has 3 nitrogen and oxygen atoms in total. The van der Waals surface area contributed by atoms with Crippen molar-refractivity contribution in [1.82, 2.24) is 4.90 Å². The summed E-state index contributed by atoms with van der Waals surface area (Å²) in [5.41, 5.74) is 0.897. The van der Waals surface area contributed by atoms with E-state index in [0.717, 1.165) is 5.56 Å². The zero-order chi connectivity index (χ0) is 12.3. The zero-order valence-electron chi connectivity index (χ0n) is 9.43. The van der Waals surface area contributed by atoms with E-state index in [4.69, 9.17) is 6.42 Å². The number of imide groups is 1. The lowest BCUT2D eigenvalue weighted by molar-refractivity contribution is -0.138. The zero-order valence-corrected chi connectivity index (χ0v) is 9.43. The van der Waals surface area contributed by atoms with Crippen LogP contribution >= 0.6 is 0 Å². The van der Waals surface area contributed by atoms with Gasteiger partial charge in [0.15, 0.2) is 0 Å². The average molecular weight is 227 g/mol. The van der Waals surface area contributed by atoms with Gasteiger partial charge in [-0.3, -0.25) is 14.5 Å². The molecule has 0 aliphatic carbocycles. The number of hydrogen-bond donors (Lipinski definition) is 0. The molecule has 1 atom stereocenters. The molecule has 0 spiro atoms. The Morgan fingerprint density at radius 3 is 2.65 bits per heavy atom. The summed E-state index contributed by atoms with van der Waals surface area (Å²) in [5.74, 6) is 1.86. The highest BCUT2D eigenvalue weighted by atomic mass is 16.2. The Balaban J connectivity index is 2.16. The van der Waals surface area contributed by atoms with Gasteiger partial charge in [0.25, 0.3) is 0 Å². The van der Waals surface area contributed by atoms with E-state index in [0.29, 0.717) is 13.0 Å². The minimum absolute atomic E-state index is 0.126. The van der Waals surface area contributed by atoms with Crippen LogP contribution in [0.25, 0.3) is 0 Å². The second-order valence-corrected chi connectivity index (χ2v) is 4.01. The lowest BCUT2D eigenvalue weighted by atomic mass is 9.98. The summed E-state index contributed by atoms with van der Waals surface area (Å²) in [6.45, 7) is 0.331. The first kappa shape index (κ1) is 11.4. The van der Waals surface area contributed by atoms with Crippen LogP contribution in [0.5, 0.6) is 0 Å². The highest BCUT2D eigenvalue weighted by Crippen LogP contribution is 2.29. The minimum Gasteiger partial charge on any atom is -0.281 e. The largest absolute Gasteiger partial charge is 0.281 e. The molecular weight excluding hydrogens is 214 g/mol. The molecular formula is C14H13NO2. The first-order chi connectivity index (χ1) is 8.24. The van der Waals surface area contributed by atoms with Gasteiger partial charge < -0.3 is 0 Å². The molecule has 1 fully saturated rings. The molecule has 86 valence electrons. The average Bonchev–Trinajstić information content (AvgIpc) is 2.64. The quantitative estimate of drug-likeness (QED) is 0.580. The van der Waals surface area contributed by atoms with E-state index in [1.54, 1.807) is 0 Å². The lowest BCUT2D eigenvalue weighted by Crippen LogP contribution is -2.31. The number of terminal acetylenes is 1. The topological polar surface area (TPSA) is 37.4 Å². The summed E-state index contributed by atoms with van der Waals surface area (Å²) in [7, 11) is 0. The fraction of sp³-hybridized carbons (Fsp3) is 0.286. The van der Waals surface area contributed by atoms with Gasteiger partial charge in [0.2, 0.25) is 11.8 Å². The smallest absolute Gasteiger partial charge is 0.237 e. The molecule has 0 radical (unpaired) electrons. The Kier molecular flexibility index (Phi) is 3.24. The van der Waals surface area contributed by atoms with Gasteiger partial charge in [-0.05, 0) is 5.56 Å². The van der Waals surface area contributed by atoms with Gasteiger partial charge in [-0.1, -0.05) is 30.3 Å². The third-order valence-corrected chi connectivity index (χ3v) is 2.93. The van der Waals surface area contributed by atoms with Crippen LogP contribution in [0, 0.1) is 12.3 Å². The monoisotopic (exact) mass is 227 g/mol. The summed E-state index contributed by atoms with van der Waals surface area (Å²) >= 11 is 0. The molecule has 1 aromatic rings. The SMILES string of the molecule is C#CCCN1C(=O)CC(c2ccccc2)C1=O. The molecule has 2 amide bonds. The van der Waals surface area contributed by atoms with E-state index >= 15 is 0 Å². The van der Waals surface area contributed by atoms with Crippen molar-refractivity contribution in [2.75, 3.05) is 6.54 Å². The molecule has 17 heavy (non-hydrogen) atoms. The molecule has 1 unspecified atom stereocenters. The number of amides is 2. The van der Waals surface area contributed by atoms with E-state index in [1.165, 1.54) is 4.90 Å². The molecule has 1 saturated heterocycles. The number of carbonyl (C=O) groups is 2. The van der Waals surface area contributed by atoms with Crippen molar-refractivity contribution in [3.8, 4) is 12.3 Å². The molecule has 1 aliphatic heterocycles. The Hall–Kier alpha value is -2.08. The van der Waals surface area contributed by atoms with Gasteiger partial charge in [-0.2, -0.15) is 0 Å². The molecule has 1 aromatic carbocycles. The van der Waals surface area contributed by atoms with E-state index in [2.05, 4.69) is 5.92 Å². The van der Waals surface area contributed by atoms with Crippen molar-refractivity contribution in [2.24, 2.45) is 0 Å². The van der Waals surface area contributed by atoms with Crippen molar-refractivity contribution < 1.29 is 9.59 Å². The van der Waals surface area contributed by atoms with Crippen LogP contribution in [0.3, 0.4) is 0 Å². The second kappa shape index (κ2) is 4.84. The van der Waals surface area contributed by atoms with Crippen LogP contribution < -0.4 is 0 Å². The summed E-state index contributed by atoms with van der Waals surface area (Å²) in [6, 6.07) is 9.39. The number of nitrogens with zero attached hydrogens (tertiary/aromatic N) is 1. The van der Waals surface area contributed by atoms with Gasteiger partial charge >= 0.3 is 0 Å². The standard InChI is InChI=1S/C14H13NO2/c1-2-3-9-15-13(16)10-12(14(15)17)11-7-5-4-6-8-11/h1,4-8,12H,3,9-10H2. The number of rotatable bonds is 3. The number of likely N-dealkylation sites (tertiary alicyclic amines) is 1. The van der Waals surface area contributed by atoms with E-state index in [-0.39, 0.29) is 24.2 Å². The van der Waals surface area contributed by atoms with Gasteiger partial charge in [-0.25, -0.2) is 0 Å². The Bertz CT molecular complexity index is 473. The highest BCUT2D eigenvalue weighted by molar-refractivity contribution is 6.06. The number of carbonyl (C=O) groups excluding carboxylic acids is 2. The van der Waals surface area contributed by atoms with E-state index in [1.807, 2.05) is 30.3 Å². The van der Waals surface area contributed by atoms with Crippen LogP contribution in [-0.4, -0.2) is 23.3 Å². The van der Waals surface area contributed by atoms with Gasteiger partial charge in [0.05, 0.1) is 5.92 Å². The van der Waals surface area contributed by atoms with Crippen molar-refractivity contribution >= 4 is 11.8 Å². The van der Waals surface area contributed by atoms with Crippen LogP contribution in [0.2, 0.25) is 0 Å². The predicted octanol–water partition coefficient (Wildman–Crippen LogP) is 1.55. The van der Waals surface area contributed by atoms with Crippen LogP contribution in [-0.2, 0) is 9.59 Å². The lowest BCUT2D eigenvalue weighted by Gasteiger charge is -2.13. The van der Waals surface area contributed by atoms with Crippen molar-refractivity contribution in [1.29, 1.82) is 0 Å². The summed E-state index contributed by atoms with van der Waals surface area (Å²) < 4.78 is 0. The van der Waals surface area contributed by atoms with Crippen molar-refractivity contribution in [3.63, 3.8) is 0 Å². The van der Waals surface area contributed by atoms with Crippen LogP contribution in [0.1, 0.15) is 24.3 Å². The second-order valence-electron chi connectivity index (χ2n) is 4.01. The minimum atomic E-state index is -0.332. The number of benzene rings is 1. The maximum Gasteiger partial charge on any atom is 0.237 e. The molecule has 1 heterocycles. The third-order valence-electron chi connectivity index (χ3n) is 2.93. The molecule has 1 aliphatic rings. The third kappa shape index (κ3) is 2.21. The molecule has 0 N–H and O–H groups in total. The van der Waals surface area contributed by atoms with Gasteiger partial charge in [-0.15, -0.1) is 12.3 Å². The van der Waals surface area contributed by atoms with Crippen molar-refractivity contribution in [3.05, 3.63) is 35.9 Å². The summed E-state index contributed by atoms with van der Waals surface area (Å²) in [5, 5.41) is 0. The summed E-state index contributed by atoms with van der Waals surface area (Å²) in [4.78, 5) is 25.0. The fourth-order valence-corrected chi connectivity index (χ4v) is 2.04. The molecule has 3 heteroatoms. The van der Waals surface area contributed by atoms with E-state index in [9.17, 15) is 9.59 Å². The van der Waals surface area contributed by atoms with Crippen LogP contribution in [0.4, 0.5) is 0 Å². The Labute approximate surface area is 100 Å².